The summed E-state index contributed by atoms with van der Waals surface area (Å²) in [6.45, 7) is 7.51. The maximum Gasteiger partial charge on any atom is 0.248 e. The van der Waals surface area contributed by atoms with Gasteiger partial charge in [-0.25, -0.2) is 0 Å². The minimum atomic E-state index is 0.621. The minimum absolute atomic E-state index is 0.621. The van der Waals surface area contributed by atoms with Gasteiger partial charge in [-0.15, -0.1) is 0 Å². The number of hydrogen-bond donors (Lipinski definition) is 0. The second kappa shape index (κ2) is 2.78. The van der Waals surface area contributed by atoms with E-state index in [0.29, 0.717) is 10.8 Å². The molecular formula is C10H18IS+. The summed E-state index contributed by atoms with van der Waals surface area (Å²) >= 11 is 2.55. The van der Waals surface area contributed by atoms with Gasteiger partial charge in [0.1, 0.15) is 5.25 Å². The lowest BCUT2D eigenvalue weighted by Crippen LogP contribution is -2.35. The van der Waals surface area contributed by atoms with Crippen molar-refractivity contribution in [3.8, 4) is 0 Å². The molecule has 2 fully saturated rings. The van der Waals surface area contributed by atoms with Crippen molar-refractivity contribution in [3.63, 3.8) is 0 Å². The predicted molar refractivity (Wildman–Crippen MR) is 65.8 cm³/mol. The van der Waals surface area contributed by atoms with Crippen LogP contribution in [0.25, 0.3) is 0 Å². The van der Waals surface area contributed by atoms with Crippen molar-refractivity contribution in [2.45, 2.75) is 45.3 Å². The van der Waals surface area contributed by atoms with Crippen LogP contribution >= 0.6 is 21.2 Å². The molecule has 0 aromatic heterocycles. The fourth-order valence-electron chi connectivity index (χ4n) is 3.31. The maximum atomic E-state index is 2.55. The Labute approximate surface area is 91.8 Å². The summed E-state index contributed by atoms with van der Waals surface area (Å²) in [4.78, 5) is 0. The molecule has 0 nitrogen and oxygen atoms in total. The van der Waals surface area contributed by atoms with E-state index in [2.05, 4.69) is 42.0 Å². The van der Waals surface area contributed by atoms with E-state index >= 15 is 0 Å². The standard InChI is InChI=1S/C10H17IS/c1-9(2)7-4-5-10(9,3)8(6-7)12-11/h7-8H,4-6H2,1-3H3/p+1. The van der Waals surface area contributed by atoms with Crippen molar-refractivity contribution < 1.29 is 0 Å². The molecule has 2 saturated carbocycles. The summed E-state index contributed by atoms with van der Waals surface area (Å²) < 4.78 is 0. The molecule has 12 heavy (non-hydrogen) atoms. The summed E-state index contributed by atoms with van der Waals surface area (Å²) in [7, 11) is 1.60. The van der Waals surface area contributed by atoms with Crippen LogP contribution < -0.4 is 0 Å². The number of halogens is 1. The SMILES string of the molecule is CC1(C)C2CCC1(C)C([SH+]I)C2. The molecule has 2 heteroatoms. The second-order valence-electron chi connectivity index (χ2n) is 5.22. The maximum absolute atomic E-state index is 2.55. The van der Waals surface area contributed by atoms with Crippen LogP contribution in [0.1, 0.15) is 40.0 Å². The third-order valence-electron chi connectivity index (χ3n) is 4.87. The van der Waals surface area contributed by atoms with Crippen molar-refractivity contribution in [1.29, 1.82) is 0 Å². The van der Waals surface area contributed by atoms with Crippen LogP contribution in [0.5, 0.6) is 0 Å². The van der Waals surface area contributed by atoms with Gasteiger partial charge in [-0.2, -0.15) is 0 Å². The molecule has 2 rings (SSSR count). The first kappa shape index (κ1) is 9.63. The van der Waals surface area contributed by atoms with Gasteiger partial charge >= 0.3 is 0 Å². The number of fused-ring (bicyclic) bond motifs is 2. The average molecular weight is 297 g/mol. The van der Waals surface area contributed by atoms with Gasteiger partial charge in [0, 0.05) is 14.3 Å². The summed E-state index contributed by atoms with van der Waals surface area (Å²) in [6, 6.07) is 0. The van der Waals surface area contributed by atoms with E-state index in [4.69, 9.17) is 0 Å². The Morgan fingerprint density at radius 1 is 1.33 bits per heavy atom. The first-order valence-corrected chi connectivity index (χ1v) is 8.58. The third kappa shape index (κ3) is 0.969. The van der Waals surface area contributed by atoms with Crippen LogP contribution in [-0.4, -0.2) is 5.25 Å². The summed E-state index contributed by atoms with van der Waals surface area (Å²) in [6.07, 6.45) is 4.46. The highest BCUT2D eigenvalue weighted by Gasteiger charge is 2.64. The highest BCUT2D eigenvalue weighted by atomic mass is 127. The number of rotatable bonds is 1. The van der Waals surface area contributed by atoms with E-state index in [1.165, 1.54) is 19.3 Å². The highest BCUT2D eigenvalue weighted by molar-refractivity contribution is 14.2. The van der Waals surface area contributed by atoms with Crippen molar-refractivity contribution in [2.24, 2.45) is 16.7 Å². The Morgan fingerprint density at radius 3 is 2.25 bits per heavy atom. The molecule has 0 aliphatic heterocycles. The third-order valence-corrected chi connectivity index (χ3v) is 7.90. The Balaban J connectivity index is 2.33. The number of thiol groups is 1. The van der Waals surface area contributed by atoms with Crippen molar-refractivity contribution >= 4 is 30.1 Å². The van der Waals surface area contributed by atoms with E-state index in [0.717, 1.165) is 11.2 Å². The molecule has 2 bridgehead atoms. The monoisotopic (exact) mass is 297 g/mol. The lowest BCUT2D eigenvalue weighted by Gasteiger charge is -2.34. The highest BCUT2D eigenvalue weighted by Crippen LogP contribution is 2.66. The second-order valence-corrected chi connectivity index (χ2v) is 7.71. The average Bonchev–Trinajstić information content (AvgIpc) is 2.34. The van der Waals surface area contributed by atoms with E-state index in [-0.39, 0.29) is 0 Å². The quantitative estimate of drug-likeness (QED) is 0.395. The zero-order valence-electron chi connectivity index (χ0n) is 8.10. The Morgan fingerprint density at radius 2 is 2.00 bits per heavy atom. The first-order valence-electron chi connectivity index (χ1n) is 4.83. The Hall–Kier alpha value is 1.08. The van der Waals surface area contributed by atoms with Crippen molar-refractivity contribution in [3.05, 3.63) is 0 Å². The zero-order valence-corrected chi connectivity index (χ0v) is 11.2. The molecule has 2 aliphatic carbocycles. The molecule has 70 valence electrons. The normalized spacial score (nSPS) is 50.0. The molecule has 0 aromatic carbocycles. The smallest absolute Gasteiger partial charge is 0.0589 e. The van der Waals surface area contributed by atoms with Gasteiger partial charge in [-0.3, -0.25) is 0 Å². The molecule has 2 aliphatic rings. The zero-order chi connectivity index (χ0) is 8.98. The lowest BCUT2D eigenvalue weighted by molar-refractivity contribution is 0.156. The molecule has 0 N–H and O–H groups in total. The fraction of sp³-hybridized carbons (Fsp3) is 1.00. The Kier molecular flexibility index (Phi) is 2.23. The summed E-state index contributed by atoms with van der Waals surface area (Å²) in [5, 5.41) is 0.979. The molecule has 0 saturated heterocycles. The molecule has 3 unspecified atom stereocenters. The van der Waals surface area contributed by atoms with Gasteiger partial charge < -0.3 is 0 Å². The van der Waals surface area contributed by atoms with Gasteiger partial charge in [0.2, 0.25) is 21.2 Å². The molecule has 0 spiro atoms. The number of hydrogen-bond acceptors (Lipinski definition) is 0. The van der Waals surface area contributed by atoms with Gasteiger partial charge in [-0.05, 0) is 30.6 Å². The van der Waals surface area contributed by atoms with Crippen molar-refractivity contribution in [1.82, 2.24) is 0 Å². The van der Waals surface area contributed by atoms with Crippen LogP contribution in [-0.2, 0) is 8.93 Å². The molecule has 0 amide bonds. The van der Waals surface area contributed by atoms with Crippen LogP contribution in [0.4, 0.5) is 0 Å². The van der Waals surface area contributed by atoms with E-state index in [9.17, 15) is 0 Å². The summed E-state index contributed by atoms with van der Waals surface area (Å²) in [5.41, 5.74) is 1.27. The van der Waals surface area contributed by atoms with Crippen molar-refractivity contribution in [2.75, 3.05) is 0 Å². The molecule has 0 heterocycles. The first-order chi connectivity index (χ1) is 5.52. The van der Waals surface area contributed by atoms with Crippen LogP contribution in [0.15, 0.2) is 0 Å². The lowest BCUT2D eigenvalue weighted by atomic mass is 9.71. The minimum Gasteiger partial charge on any atom is -0.0589 e. The van der Waals surface area contributed by atoms with Crippen LogP contribution in [0, 0.1) is 16.7 Å². The van der Waals surface area contributed by atoms with E-state index < -0.39 is 0 Å². The van der Waals surface area contributed by atoms with Gasteiger partial charge in [0.05, 0.1) is 0 Å². The van der Waals surface area contributed by atoms with Crippen LogP contribution in [0.3, 0.4) is 0 Å². The van der Waals surface area contributed by atoms with Gasteiger partial charge in [-0.1, -0.05) is 20.8 Å². The van der Waals surface area contributed by atoms with Gasteiger partial charge in [0.15, 0.2) is 0 Å². The van der Waals surface area contributed by atoms with Gasteiger partial charge in [0.25, 0.3) is 0 Å². The van der Waals surface area contributed by atoms with Crippen LogP contribution in [0.2, 0.25) is 0 Å². The van der Waals surface area contributed by atoms with E-state index in [1.54, 1.807) is 8.93 Å². The topological polar surface area (TPSA) is 0 Å². The molecular weight excluding hydrogens is 279 g/mol. The fourth-order valence-corrected chi connectivity index (χ4v) is 6.85. The Bertz CT molecular complexity index is 202. The molecule has 0 aromatic rings. The summed E-state index contributed by atoms with van der Waals surface area (Å²) in [5.74, 6) is 1.02. The predicted octanol–water partition coefficient (Wildman–Crippen LogP) is 3.37. The molecule has 3 atom stereocenters. The van der Waals surface area contributed by atoms with E-state index in [1.807, 2.05) is 0 Å². The largest absolute Gasteiger partial charge is 0.248 e. The molecule has 0 radical (unpaired) electrons.